The average molecular weight is 435 g/mol. The van der Waals surface area contributed by atoms with Crippen LogP contribution in [0.1, 0.15) is 56.9 Å². The molecular formula is C28H34O2S. The van der Waals surface area contributed by atoms with Crippen LogP contribution in [0, 0.1) is 5.41 Å². The minimum Gasteiger partial charge on any atom is -0.229 e. The van der Waals surface area contributed by atoms with E-state index in [4.69, 9.17) is 0 Å². The molecule has 0 atom stereocenters. The molecule has 3 aromatic carbocycles. The van der Waals surface area contributed by atoms with Gasteiger partial charge in [-0.3, -0.25) is 0 Å². The highest BCUT2D eigenvalue weighted by Gasteiger charge is 2.46. The first-order valence-electron chi connectivity index (χ1n) is 10.8. The van der Waals surface area contributed by atoms with Gasteiger partial charge < -0.3 is 0 Å². The Balaban J connectivity index is 2.20. The molecule has 0 saturated carbocycles. The van der Waals surface area contributed by atoms with Crippen LogP contribution < -0.4 is 0 Å². The topological polar surface area (TPSA) is 34.1 Å². The molecule has 0 amide bonds. The second-order valence-corrected chi connectivity index (χ2v) is 12.8. The molecule has 0 N–H and O–H groups in total. The number of sulfone groups is 1. The molecule has 0 spiro atoms. The van der Waals surface area contributed by atoms with Gasteiger partial charge in [-0.15, -0.1) is 0 Å². The fraction of sp³-hybridized carbons (Fsp3) is 0.357. The summed E-state index contributed by atoms with van der Waals surface area (Å²) in [6.45, 7) is 10.4. The summed E-state index contributed by atoms with van der Waals surface area (Å²) in [5.41, 5.74) is 4.28. The van der Waals surface area contributed by atoms with Crippen LogP contribution in [-0.4, -0.2) is 19.4 Å². The molecule has 31 heavy (non-hydrogen) atoms. The fourth-order valence-corrected chi connectivity index (χ4v) is 5.10. The zero-order chi connectivity index (χ0) is 22.9. The Bertz CT molecular complexity index is 1070. The van der Waals surface area contributed by atoms with Gasteiger partial charge in [-0.05, 0) is 47.9 Å². The minimum atomic E-state index is -3.15. The van der Waals surface area contributed by atoms with Crippen molar-refractivity contribution in [3.05, 3.63) is 107 Å². The summed E-state index contributed by atoms with van der Waals surface area (Å²) in [7, 11) is -3.15. The van der Waals surface area contributed by atoms with E-state index in [0.717, 1.165) is 5.56 Å². The summed E-state index contributed by atoms with van der Waals surface area (Å²) in [5, 5.41) is 0. The molecule has 0 heterocycles. The normalized spacial score (nSPS) is 13.2. The Morgan fingerprint density at radius 2 is 1.00 bits per heavy atom. The lowest BCUT2D eigenvalue weighted by molar-refractivity contribution is 0.272. The maximum atomic E-state index is 12.2. The third kappa shape index (κ3) is 4.34. The predicted octanol–water partition coefficient (Wildman–Crippen LogP) is 6.43. The van der Waals surface area contributed by atoms with Crippen molar-refractivity contribution >= 4 is 9.84 Å². The van der Waals surface area contributed by atoms with Crippen molar-refractivity contribution in [2.24, 2.45) is 5.41 Å². The van der Waals surface area contributed by atoms with Gasteiger partial charge in [0.15, 0.2) is 9.84 Å². The van der Waals surface area contributed by atoms with Crippen LogP contribution in [0.3, 0.4) is 0 Å². The van der Waals surface area contributed by atoms with Gasteiger partial charge >= 0.3 is 0 Å². The Labute approximate surface area is 188 Å². The summed E-state index contributed by atoms with van der Waals surface area (Å²) in [6, 6.07) is 29.9. The van der Waals surface area contributed by atoms with Gasteiger partial charge in [0.25, 0.3) is 0 Å². The van der Waals surface area contributed by atoms with Crippen LogP contribution in [0.25, 0.3) is 0 Å². The Morgan fingerprint density at radius 1 is 0.613 bits per heavy atom. The first-order chi connectivity index (χ1) is 14.4. The summed E-state index contributed by atoms with van der Waals surface area (Å²) >= 11 is 0. The van der Waals surface area contributed by atoms with Gasteiger partial charge in [-0.1, -0.05) is 106 Å². The van der Waals surface area contributed by atoms with E-state index in [-0.39, 0.29) is 10.8 Å². The first kappa shape index (κ1) is 23.3. The molecule has 3 aromatic rings. The zero-order valence-corrected chi connectivity index (χ0v) is 20.3. The molecule has 0 aliphatic rings. The van der Waals surface area contributed by atoms with E-state index in [0.29, 0.717) is 6.42 Å². The SMILES string of the molecule is CC(C)(C)C(c1ccccc1)(c1ccccc1)c1ccc(CC(C)(C)S(C)(=O)=O)cc1. The van der Waals surface area contributed by atoms with Crippen molar-refractivity contribution in [3.63, 3.8) is 0 Å². The van der Waals surface area contributed by atoms with Gasteiger partial charge in [0.2, 0.25) is 0 Å². The minimum absolute atomic E-state index is 0.108. The lowest BCUT2D eigenvalue weighted by Crippen LogP contribution is -2.42. The number of benzene rings is 3. The first-order valence-corrected chi connectivity index (χ1v) is 12.7. The Morgan fingerprint density at radius 3 is 1.35 bits per heavy atom. The molecule has 0 aliphatic carbocycles. The van der Waals surface area contributed by atoms with Crippen LogP contribution in [0.4, 0.5) is 0 Å². The maximum Gasteiger partial charge on any atom is 0.152 e. The van der Waals surface area contributed by atoms with Gasteiger partial charge in [-0.25, -0.2) is 8.42 Å². The lowest BCUT2D eigenvalue weighted by atomic mass is 9.56. The van der Waals surface area contributed by atoms with Gasteiger partial charge in [0.1, 0.15) is 0 Å². The maximum absolute atomic E-state index is 12.2. The summed E-state index contributed by atoms with van der Waals surface area (Å²) in [5.74, 6) is 0. The molecule has 2 nitrogen and oxygen atoms in total. The molecule has 0 aliphatic heterocycles. The highest BCUT2D eigenvalue weighted by atomic mass is 32.2. The van der Waals surface area contributed by atoms with Crippen LogP contribution in [0.2, 0.25) is 0 Å². The molecule has 3 rings (SSSR count). The number of hydrogen-bond donors (Lipinski definition) is 0. The molecule has 0 bridgehead atoms. The van der Waals surface area contributed by atoms with Crippen molar-refractivity contribution in [3.8, 4) is 0 Å². The Hall–Kier alpha value is -2.39. The van der Waals surface area contributed by atoms with E-state index in [9.17, 15) is 8.42 Å². The quantitative estimate of drug-likeness (QED) is 0.419. The largest absolute Gasteiger partial charge is 0.229 e. The predicted molar refractivity (Wildman–Crippen MR) is 131 cm³/mol. The van der Waals surface area contributed by atoms with E-state index in [2.05, 4.69) is 106 Å². The second kappa shape index (κ2) is 8.27. The van der Waals surface area contributed by atoms with Crippen molar-refractivity contribution in [1.82, 2.24) is 0 Å². The van der Waals surface area contributed by atoms with Gasteiger partial charge in [0, 0.05) is 11.7 Å². The number of rotatable bonds is 6. The summed E-state index contributed by atoms with van der Waals surface area (Å²) in [4.78, 5) is 0. The molecule has 0 saturated heterocycles. The molecule has 0 unspecified atom stereocenters. The summed E-state index contributed by atoms with van der Waals surface area (Å²) < 4.78 is 23.6. The van der Waals surface area contributed by atoms with E-state index in [1.807, 2.05) is 0 Å². The third-order valence-electron chi connectivity index (χ3n) is 6.56. The molecule has 0 fully saturated rings. The highest BCUT2D eigenvalue weighted by molar-refractivity contribution is 7.92. The lowest BCUT2D eigenvalue weighted by Gasteiger charge is -2.47. The van der Waals surface area contributed by atoms with E-state index < -0.39 is 14.6 Å². The van der Waals surface area contributed by atoms with Gasteiger partial charge in [-0.2, -0.15) is 0 Å². The Kier molecular flexibility index (Phi) is 6.21. The van der Waals surface area contributed by atoms with Crippen molar-refractivity contribution in [2.45, 2.75) is 51.2 Å². The van der Waals surface area contributed by atoms with E-state index in [1.54, 1.807) is 13.8 Å². The van der Waals surface area contributed by atoms with E-state index in [1.165, 1.54) is 22.9 Å². The standard InChI is InChI=1S/C28H34O2S/c1-26(2,3)28(23-13-9-7-10-14-23,24-15-11-8-12-16-24)25-19-17-22(18-20-25)21-27(4,5)31(6,29)30/h7-20H,21H2,1-6H3. The zero-order valence-electron chi connectivity index (χ0n) is 19.5. The van der Waals surface area contributed by atoms with Crippen LogP contribution in [0.5, 0.6) is 0 Å². The van der Waals surface area contributed by atoms with Gasteiger partial charge in [0.05, 0.1) is 4.75 Å². The number of hydrogen-bond acceptors (Lipinski definition) is 2. The van der Waals surface area contributed by atoms with Crippen molar-refractivity contribution in [2.75, 3.05) is 6.26 Å². The molecule has 0 aromatic heterocycles. The summed E-state index contributed by atoms with van der Waals surface area (Å²) in [6.07, 6.45) is 1.81. The fourth-order valence-electron chi connectivity index (χ4n) is 4.67. The van der Waals surface area contributed by atoms with E-state index >= 15 is 0 Å². The highest BCUT2D eigenvalue weighted by Crippen LogP contribution is 2.51. The van der Waals surface area contributed by atoms with Crippen LogP contribution in [0.15, 0.2) is 84.9 Å². The van der Waals surface area contributed by atoms with Crippen LogP contribution >= 0.6 is 0 Å². The second-order valence-electron chi connectivity index (χ2n) is 10.1. The van der Waals surface area contributed by atoms with Crippen molar-refractivity contribution in [1.29, 1.82) is 0 Å². The molecule has 164 valence electrons. The third-order valence-corrected chi connectivity index (χ3v) is 8.71. The van der Waals surface area contributed by atoms with Crippen LogP contribution in [-0.2, 0) is 21.7 Å². The smallest absolute Gasteiger partial charge is 0.152 e. The average Bonchev–Trinajstić information content (AvgIpc) is 2.69. The molecule has 0 radical (unpaired) electrons. The molecular weight excluding hydrogens is 400 g/mol. The van der Waals surface area contributed by atoms with Crippen molar-refractivity contribution < 1.29 is 8.42 Å². The molecule has 3 heteroatoms. The monoisotopic (exact) mass is 434 g/mol.